The minimum absolute atomic E-state index is 0.747. The molecule has 2 aromatic heterocycles. The number of aromatic nitrogens is 2. The first kappa shape index (κ1) is 12.6. The number of nitrogens with one attached hydrogen (secondary N) is 1. The topological polar surface area (TPSA) is 41.1 Å². The lowest BCUT2D eigenvalue weighted by molar-refractivity contribution is 0.694. The lowest BCUT2D eigenvalue weighted by Gasteiger charge is -2.14. The van der Waals surface area contributed by atoms with Crippen LogP contribution < -0.4 is 10.2 Å². The third kappa shape index (κ3) is 3.52. The van der Waals surface area contributed by atoms with Crippen LogP contribution in [0.15, 0.2) is 30.6 Å². The molecule has 0 atom stereocenters. The molecule has 1 aliphatic rings. The molecule has 19 heavy (non-hydrogen) atoms. The van der Waals surface area contributed by atoms with Crippen molar-refractivity contribution in [3.05, 3.63) is 41.2 Å². The van der Waals surface area contributed by atoms with Gasteiger partial charge >= 0.3 is 0 Å². The van der Waals surface area contributed by atoms with Gasteiger partial charge in [-0.2, -0.15) is 0 Å². The van der Waals surface area contributed by atoms with Crippen LogP contribution >= 0.6 is 11.3 Å². The van der Waals surface area contributed by atoms with E-state index >= 15 is 0 Å². The van der Waals surface area contributed by atoms with Crippen LogP contribution in [0.2, 0.25) is 0 Å². The van der Waals surface area contributed by atoms with Crippen LogP contribution in [0.4, 0.5) is 5.13 Å². The summed E-state index contributed by atoms with van der Waals surface area (Å²) in [5, 5.41) is 4.57. The van der Waals surface area contributed by atoms with Crippen molar-refractivity contribution in [1.82, 2.24) is 15.3 Å². The Morgan fingerprint density at radius 3 is 3.00 bits per heavy atom. The molecule has 0 saturated heterocycles. The number of thiazole rings is 1. The van der Waals surface area contributed by atoms with Crippen LogP contribution in [-0.2, 0) is 13.1 Å². The maximum atomic E-state index is 4.49. The van der Waals surface area contributed by atoms with E-state index in [0.717, 1.165) is 30.0 Å². The highest BCUT2D eigenvalue weighted by molar-refractivity contribution is 7.15. The second-order valence-corrected chi connectivity index (χ2v) is 6.04. The fourth-order valence-corrected chi connectivity index (χ4v) is 2.71. The van der Waals surface area contributed by atoms with Crippen LogP contribution in [0.1, 0.15) is 23.4 Å². The van der Waals surface area contributed by atoms with E-state index in [9.17, 15) is 0 Å². The van der Waals surface area contributed by atoms with E-state index in [1.165, 1.54) is 17.7 Å². The van der Waals surface area contributed by atoms with Crippen molar-refractivity contribution in [3.8, 4) is 0 Å². The maximum Gasteiger partial charge on any atom is 0.185 e. The maximum absolute atomic E-state index is 4.49. The molecule has 4 nitrogen and oxygen atoms in total. The number of rotatable bonds is 6. The van der Waals surface area contributed by atoms with Gasteiger partial charge < -0.3 is 10.2 Å². The Labute approximate surface area is 117 Å². The summed E-state index contributed by atoms with van der Waals surface area (Å²) in [5.74, 6) is 0. The van der Waals surface area contributed by atoms with Gasteiger partial charge in [0.1, 0.15) is 0 Å². The quantitative estimate of drug-likeness (QED) is 0.878. The standard InChI is InChI=1S/C14H18N4S/c1-18(10-12-4-2-3-7-15-12)14-17-9-13(19-14)8-16-11-5-6-11/h2-4,7,9,11,16H,5-6,8,10H2,1H3. The molecule has 2 aromatic rings. The largest absolute Gasteiger partial charge is 0.345 e. The Bertz CT molecular complexity index is 521. The average molecular weight is 274 g/mol. The molecular formula is C14H18N4S. The van der Waals surface area contributed by atoms with Gasteiger partial charge in [-0.25, -0.2) is 4.98 Å². The smallest absolute Gasteiger partial charge is 0.185 e. The lowest BCUT2D eigenvalue weighted by atomic mass is 10.3. The molecule has 1 N–H and O–H groups in total. The van der Waals surface area contributed by atoms with Crippen molar-refractivity contribution < 1.29 is 0 Å². The van der Waals surface area contributed by atoms with E-state index < -0.39 is 0 Å². The molecular weight excluding hydrogens is 256 g/mol. The molecule has 3 rings (SSSR count). The Morgan fingerprint density at radius 1 is 1.37 bits per heavy atom. The number of anilines is 1. The second-order valence-electron chi connectivity index (χ2n) is 4.94. The SMILES string of the molecule is CN(Cc1ccccn1)c1ncc(CNC2CC2)s1. The second kappa shape index (κ2) is 5.67. The molecule has 5 heteroatoms. The van der Waals surface area contributed by atoms with E-state index in [2.05, 4.69) is 27.2 Å². The molecule has 0 aromatic carbocycles. The molecule has 1 saturated carbocycles. The van der Waals surface area contributed by atoms with Gasteiger partial charge in [-0.15, -0.1) is 11.3 Å². The van der Waals surface area contributed by atoms with Gasteiger partial charge in [-0.3, -0.25) is 4.98 Å². The molecule has 2 heterocycles. The zero-order valence-electron chi connectivity index (χ0n) is 11.0. The van der Waals surface area contributed by atoms with E-state index in [1.807, 2.05) is 30.6 Å². The van der Waals surface area contributed by atoms with Crippen molar-refractivity contribution in [2.45, 2.75) is 32.0 Å². The Morgan fingerprint density at radius 2 is 2.26 bits per heavy atom. The van der Waals surface area contributed by atoms with Crippen molar-refractivity contribution in [1.29, 1.82) is 0 Å². The summed E-state index contributed by atoms with van der Waals surface area (Å²) in [7, 11) is 2.06. The van der Waals surface area contributed by atoms with Crippen molar-refractivity contribution in [2.24, 2.45) is 0 Å². The summed E-state index contributed by atoms with van der Waals surface area (Å²) >= 11 is 1.75. The van der Waals surface area contributed by atoms with Crippen LogP contribution in [0.5, 0.6) is 0 Å². The Kier molecular flexibility index (Phi) is 3.75. The normalized spacial score (nSPS) is 14.6. The number of pyridine rings is 1. The summed E-state index contributed by atoms with van der Waals surface area (Å²) in [4.78, 5) is 12.3. The summed E-state index contributed by atoms with van der Waals surface area (Å²) in [5.41, 5.74) is 1.07. The highest BCUT2D eigenvalue weighted by Crippen LogP contribution is 2.24. The van der Waals surface area contributed by atoms with Crippen molar-refractivity contribution in [2.75, 3.05) is 11.9 Å². The lowest BCUT2D eigenvalue weighted by Crippen LogP contribution is -2.16. The first-order valence-electron chi connectivity index (χ1n) is 6.60. The van der Waals surface area contributed by atoms with E-state index in [-0.39, 0.29) is 0 Å². The number of nitrogens with zero attached hydrogens (tertiary/aromatic N) is 3. The molecule has 0 bridgehead atoms. The summed E-state index contributed by atoms with van der Waals surface area (Å²) < 4.78 is 0. The van der Waals surface area contributed by atoms with Gasteiger partial charge in [0.05, 0.1) is 12.2 Å². The number of hydrogen-bond acceptors (Lipinski definition) is 5. The van der Waals surface area contributed by atoms with E-state index in [1.54, 1.807) is 11.3 Å². The van der Waals surface area contributed by atoms with E-state index in [0.29, 0.717) is 0 Å². The highest BCUT2D eigenvalue weighted by Gasteiger charge is 2.20. The summed E-state index contributed by atoms with van der Waals surface area (Å²) in [6.07, 6.45) is 6.46. The molecule has 0 amide bonds. The first-order chi connectivity index (χ1) is 9.31. The minimum Gasteiger partial charge on any atom is -0.345 e. The zero-order valence-corrected chi connectivity index (χ0v) is 11.9. The van der Waals surface area contributed by atoms with Crippen LogP contribution in [0.25, 0.3) is 0 Å². The summed E-state index contributed by atoms with van der Waals surface area (Å²) in [6.45, 7) is 1.74. The monoisotopic (exact) mass is 274 g/mol. The third-order valence-electron chi connectivity index (χ3n) is 3.14. The van der Waals surface area contributed by atoms with Crippen LogP contribution in [0, 0.1) is 0 Å². The number of hydrogen-bond donors (Lipinski definition) is 1. The Balaban J connectivity index is 1.58. The van der Waals surface area contributed by atoms with Crippen LogP contribution in [0.3, 0.4) is 0 Å². The average Bonchev–Trinajstić information content (AvgIpc) is 3.14. The van der Waals surface area contributed by atoms with Crippen LogP contribution in [-0.4, -0.2) is 23.1 Å². The van der Waals surface area contributed by atoms with Gasteiger partial charge in [-0.05, 0) is 25.0 Å². The molecule has 1 aliphatic carbocycles. The molecule has 1 fully saturated rings. The molecule has 0 aliphatic heterocycles. The molecule has 0 radical (unpaired) electrons. The predicted molar refractivity (Wildman–Crippen MR) is 78.3 cm³/mol. The van der Waals surface area contributed by atoms with Gasteiger partial charge in [0, 0.05) is 36.9 Å². The van der Waals surface area contributed by atoms with Crippen molar-refractivity contribution >= 4 is 16.5 Å². The van der Waals surface area contributed by atoms with Gasteiger partial charge in [0.15, 0.2) is 5.13 Å². The zero-order chi connectivity index (χ0) is 13.1. The summed E-state index contributed by atoms with van der Waals surface area (Å²) in [6, 6.07) is 6.74. The van der Waals surface area contributed by atoms with E-state index in [4.69, 9.17) is 0 Å². The highest BCUT2D eigenvalue weighted by atomic mass is 32.1. The predicted octanol–water partition coefficient (Wildman–Crippen LogP) is 2.43. The van der Waals surface area contributed by atoms with Crippen molar-refractivity contribution in [3.63, 3.8) is 0 Å². The fourth-order valence-electron chi connectivity index (χ4n) is 1.89. The fraction of sp³-hybridized carbons (Fsp3) is 0.429. The molecule has 0 unspecified atom stereocenters. The molecule has 100 valence electrons. The van der Waals surface area contributed by atoms with Gasteiger partial charge in [-0.1, -0.05) is 6.07 Å². The Hall–Kier alpha value is -1.46. The van der Waals surface area contributed by atoms with Gasteiger partial charge in [0.2, 0.25) is 0 Å². The minimum atomic E-state index is 0.747. The van der Waals surface area contributed by atoms with Gasteiger partial charge in [0.25, 0.3) is 0 Å². The first-order valence-corrected chi connectivity index (χ1v) is 7.42. The molecule has 0 spiro atoms. The third-order valence-corrected chi connectivity index (χ3v) is 4.25.